The molecule has 0 aliphatic carbocycles. The summed E-state index contributed by atoms with van der Waals surface area (Å²) in [6, 6.07) is 24.2. The van der Waals surface area contributed by atoms with Crippen LogP contribution in [0.3, 0.4) is 0 Å². The van der Waals surface area contributed by atoms with Crippen LogP contribution >= 0.6 is 23.2 Å². The van der Waals surface area contributed by atoms with E-state index in [-0.39, 0.29) is 25.7 Å². The molecule has 1 amide bonds. The van der Waals surface area contributed by atoms with Crippen LogP contribution in [0.15, 0.2) is 78.9 Å². The number of halogens is 2. The van der Waals surface area contributed by atoms with E-state index in [0.29, 0.717) is 10.0 Å². The van der Waals surface area contributed by atoms with Crippen LogP contribution in [0, 0.1) is 6.92 Å². The molecule has 1 aliphatic rings. The lowest BCUT2D eigenvalue weighted by molar-refractivity contribution is -0.166. The predicted molar refractivity (Wildman–Crippen MR) is 150 cm³/mol. The third-order valence-electron chi connectivity index (χ3n) is 5.28. The van der Waals surface area contributed by atoms with Crippen molar-refractivity contribution in [2.75, 3.05) is 19.8 Å². The first-order chi connectivity index (χ1) is 17.8. The zero-order chi connectivity index (χ0) is 27.2. The third kappa shape index (κ3) is 9.84. The molecule has 0 N–H and O–H groups in total. The summed E-state index contributed by atoms with van der Waals surface area (Å²) in [6.45, 7) is 8.06. The van der Waals surface area contributed by atoms with Crippen LogP contribution in [-0.4, -0.2) is 36.5 Å². The Bertz CT molecular complexity index is 1090. The second-order valence-corrected chi connectivity index (χ2v) is 9.34. The second-order valence-electron chi connectivity index (χ2n) is 8.47. The number of esters is 1. The standard InChI is InChI=1S/C20H19Cl2NO4.C7H8.C3H8/c1-2-26-18(25)11-23-17(24)12-27-20(14-5-9-16(22)10-6-14)19(23)13-3-7-15(21)8-4-13;1-7-5-3-2-4-6-7;1-3-2/h3-10,19-20H,2,11-12H2,1H3;2-6H,1H3;3H2,1-2H3. The highest BCUT2D eigenvalue weighted by Crippen LogP contribution is 2.40. The van der Waals surface area contributed by atoms with Crippen LogP contribution in [0.4, 0.5) is 0 Å². The Balaban J connectivity index is 0.000000404. The summed E-state index contributed by atoms with van der Waals surface area (Å²) < 4.78 is 10.9. The molecule has 1 fully saturated rings. The van der Waals surface area contributed by atoms with Crippen molar-refractivity contribution in [2.45, 2.75) is 46.3 Å². The van der Waals surface area contributed by atoms with E-state index >= 15 is 0 Å². The molecule has 1 heterocycles. The van der Waals surface area contributed by atoms with Crippen LogP contribution < -0.4 is 0 Å². The van der Waals surface area contributed by atoms with E-state index in [2.05, 4.69) is 32.9 Å². The topological polar surface area (TPSA) is 55.8 Å². The van der Waals surface area contributed by atoms with Gasteiger partial charge in [0.1, 0.15) is 19.3 Å². The van der Waals surface area contributed by atoms with Gasteiger partial charge in [-0.05, 0) is 49.2 Å². The number of rotatable bonds is 5. The molecule has 1 saturated heterocycles. The first kappa shape index (κ1) is 30.4. The average Bonchev–Trinajstić information content (AvgIpc) is 2.88. The van der Waals surface area contributed by atoms with Crippen LogP contribution in [0.5, 0.6) is 0 Å². The van der Waals surface area contributed by atoms with Crippen molar-refractivity contribution in [1.29, 1.82) is 0 Å². The van der Waals surface area contributed by atoms with Gasteiger partial charge >= 0.3 is 5.97 Å². The number of aryl methyl sites for hydroxylation is 1. The molecule has 3 aromatic rings. The Labute approximate surface area is 230 Å². The molecule has 0 aromatic heterocycles. The highest BCUT2D eigenvalue weighted by molar-refractivity contribution is 6.30. The molecular formula is C30H35Cl2NO4. The number of amides is 1. The van der Waals surface area contributed by atoms with Crippen molar-refractivity contribution in [3.8, 4) is 0 Å². The lowest BCUT2D eigenvalue weighted by Gasteiger charge is -2.41. The molecule has 7 heteroatoms. The molecule has 0 saturated carbocycles. The Kier molecular flexibility index (Phi) is 13.2. The number of morpholine rings is 1. The van der Waals surface area contributed by atoms with E-state index in [1.54, 1.807) is 31.2 Å². The molecule has 0 spiro atoms. The Morgan fingerprint density at radius 1 is 0.892 bits per heavy atom. The summed E-state index contributed by atoms with van der Waals surface area (Å²) in [7, 11) is 0. The number of benzene rings is 3. The quantitative estimate of drug-likeness (QED) is 0.310. The molecule has 4 rings (SSSR count). The van der Waals surface area contributed by atoms with Gasteiger partial charge in [0.25, 0.3) is 0 Å². The average molecular weight is 545 g/mol. The molecule has 0 radical (unpaired) electrons. The second kappa shape index (κ2) is 16.1. The van der Waals surface area contributed by atoms with E-state index in [1.807, 2.05) is 42.5 Å². The molecule has 198 valence electrons. The summed E-state index contributed by atoms with van der Waals surface area (Å²) in [6.07, 6.45) is 0.801. The number of carbonyl (C=O) groups excluding carboxylic acids is 2. The monoisotopic (exact) mass is 543 g/mol. The Hall–Kier alpha value is -2.86. The zero-order valence-corrected chi connectivity index (χ0v) is 23.3. The largest absolute Gasteiger partial charge is 0.465 e. The van der Waals surface area contributed by atoms with Gasteiger partial charge in [-0.25, -0.2) is 0 Å². The highest BCUT2D eigenvalue weighted by Gasteiger charge is 2.39. The fraction of sp³-hybridized carbons (Fsp3) is 0.333. The molecule has 1 aliphatic heterocycles. The van der Waals surface area contributed by atoms with Crippen LogP contribution in [0.1, 0.15) is 56.0 Å². The molecule has 3 aromatic carbocycles. The SMILES string of the molecule is CCC.CCOC(=O)CN1C(=O)COC(c2ccc(Cl)cc2)C1c1ccc(Cl)cc1.Cc1ccccc1. The first-order valence-electron chi connectivity index (χ1n) is 12.4. The van der Waals surface area contributed by atoms with Gasteiger partial charge in [-0.2, -0.15) is 0 Å². The van der Waals surface area contributed by atoms with Crippen molar-refractivity contribution in [3.05, 3.63) is 106 Å². The normalized spacial score (nSPS) is 16.6. The number of nitrogens with zero attached hydrogens (tertiary/aromatic N) is 1. The highest BCUT2D eigenvalue weighted by atomic mass is 35.5. The summed E-state index contributed by atoms with van der Waals surface area (Å²) in [5.41, 5.74) is 3.00. The van der Waals surface area contributed by atoms with Gasteiger partial charge < -0.3 is 14.4 Å². The number of hydrogen-bond acceptors (Lipinski definition) is 4. The molecule has 37 heavy (non-hydrogen) atoms. The number of carbonyl (C=O) groups is 2. The maximum atomic E-state index is 12.6. The van der Waals surface area contributed by atoms with Gasteiger partial charge in [0.2, 0.25) is 5.91 Å². The van der Waals surface area contributed by atoms with E-state index in [0.717, 1.165) is 11.1 Å². The third-order valence-corrected chi connectivity index (χ3v) is 5.79. The van der Waals surface area contributed by atoms with E-state index in [1.165, 1.54) is 16.9 Å². The van der Waals surface area contributed by atoms with Crippen molar-refractivity contribution >= 4 is 35.1 Å². The fourth-order valence-corrected chi connectivity index (χ4v) is 3.92. The van der Waals surface area contributed by atoms with Gasteiger partial charge in [0.05, 0.1) is 12.6 Å². The first-order valence-corrected chi connectivity index (χ1v) is 13.1. The fourth-order valence-electron chi connectivity index (χ4n) is 3.67. The smallest absolute Gasteiger partial charge is 0.325 e. The number of ether oxygens (including phenoxy) is 2. The van der Waals surface area contributed by atoms with Crippen LogP contribution in [-0.2, 0) is 19.1 Å². The summed E-state index contributed by atoms with van der Waals surface area (Å²) in [5, 5.41) is 1.19. The van der Waals surface area contributed by atoms with Crippen LogP contribution in [0.2, 0.25) is 10.0 Å². The summed E-state index contributed by atoms with van der Waals surface area (Å²) in [5.74, 6) is -0.727. The van der Waals surface area contributed by atoms with Crippen molar-refractivity contribution in [2.24, 2.45) is 0 Å². The maximum Gasteiger partial charge on any atom is 0.325 e. The molecular weight excluding hydrogens is 509 g/mol. The van der Waals surface area contributed by atoms with E-state index in [9.17, 15) is 9.59 Å². The van der Waals surface area contributed by atoms with Gasteiger partial charge in [-0.3, -0.25) is 9.59 Å². The van der Waals surface area contributed by atoms with Gasteiger partial charge in [0, 0.05) is 10.0 Å². The molecule has 2 atom stereocenters. The summed E-state index contributed by atoms with van der Waals surface area (Å²) in [4.78, 5) is 26.1. The molecule has 0 bridgehead atoms. The van der Waals surface area contributed by atoms with E-state index in [4.69, 9.17) is 32.7 Å². The lowest BCUT2D eigenvalue weighted by atomic mass is 9.92. The van der Waals surface area contributed by atoms with E-state index < -0.39 is 18.1 Å². The lowest BCUT2D eigenvalue weighted by Crippen LogP contribution is -2.48. The van der Waals surface area contributed by atoms with Crippen molar-refractivity contribution in [1.82, 2.24) is 4.90 Å². The minimum atomic E-state index is -0.492. The van der Waals surface area contributed by atoms with Gasteiger partial charge in [0.15, 0.2) is 0 Å². The predicted octanol–water partition coefficient (Wildman–Crippen LogP) is 7.61. The molecule has 2 unspecified atom stereocenters. The zero-order valence-electron chi connectivity index (χ0n) is 21.8. The molecule has 5 nitrogen and oxygen atoms in total. The van der Waals surface area contributed by atoms with Gasteiger partial charge in [-0.15, -0.1) is 0 Å². The maximum absolute atomic E-state index is 12.6. The van der Waals surface area contributed by atoms with Crippen molar-refractivity contribution in [3.63, 3.8) is 0 Å². The minimum Gasteiger partial charge on any atom is -0.465 e. The minimum absolute atomic E-state index is 0.114. The van der Waals surface area contributed by atoms with Crippen molar-refractivity contribution < 1.29 is 19.1 Å². The summed E-state index contributed by atoms with van der Waals surface area (Å²) >= 11 is 12.0. The van der Waals surface area contributed by atoms with Gasteiger partial charge in [-0.1, -0.05) is 104 Å². The van der Waals surface area contributed by atoms with Crippen LogP contribution in [0.25, 0.3) is 0 Å². The Morgan fingerprint density at radius 2 is 1.41 bits per heavy atom. The number of hydrogen-bond donors (Lipinski definition) is 0. The Morgan fingerprint density at radius 3 is 1.86 bits per heavy atom.